The Hall–Kier alpha value is -3.38. The predicted molar refractivity (Wildman–Crippen MR) is 136 cm³/mol. The normalized spacial score (nSPS) is 11.4. The molecule has 33 heavy (non-hydrogen) atoms. The summed E-state index contributed by atoms with van der Waals surface area (Å²) in [5, 5.41) is 12.6. The largest absolute Gasteiger partial charge is 0.322 e. The lowest BCUT2D eigenvalue weighted by Crippen LogP contribution is -2.11. The summed E-state index contributed by atoms with van der Waals surface area (Å²) in [4.78, 5) is 12.3. The average Bonchev–Trinajstić information content (AvgIpc) is 3.18. The van der Waals surface area contributed by atoms with Crippen LogP contribution in [-0.4, -0.2) is 20.7 Å². The smallest absolute Gasteiger partial charge is 0.255 e. The zero-order chi connectivity index (χ0) is 23.4. The topological polar surface area (TPSA) is 59.8 Å². The molecule has 0 aliphatic carbocycles. The van der Waals surface area contributed by atoms with Crippen LogP contribution >= 0.6 is 11.8 Å². The molecule has 0 saturated heterocycles. The fourth-order valence-electron chi connectivity index (χ4n) is 3.44. The van der Waals surface area contributed by atoms with Crippen LogP contribution in [0, 0.1) is 0 Å². The summed E-state index contributed by atoms with van der Waals surface area (Å²) >= 11 is 1.67. The highest BCUT2D eigenvalue weighted by Gasteiger charge is 2.14. The van der Waals surface area contributed by atoms with E-state index in [-0.39, 0.29) is 11.3 Å². The minimum atomic E-state index is -0.128. The van der Waals surface area contributed by atoms with Crippen LogP contribution in [-0.2, 0) is 18.2 Å². The molecule has 4 rings (SSSR count). The zero-order valence-electron chi connectivity index (χ0n) is 19.4. The lowest BCUT2D eigenvalue weighted by molar-refractivity contribution is 0.102. The molecule has 3 aromatic carbocycles. The molecule has 1 aromatic heterocycles. The van der Waals surface area contributed by atoms with Gasteiger partial charge in [0.1, 0.15) is 0 Å². The summed E-state index contributed by atoms with van der Waals surface area (Å²) in [6.07, 6.45) is 0. The molecular weight excluding hydrogens is 428 g/mol. The lowest BCUT2D eigenvalue weighted by atomic mass is 9.87. The Balaban J connectivity index is 1.40. The molecule has 1 N–H and O–H groups in total. The maximum absolute atomic E-state index is 12.3. The fraction of sp³-hybridized carbons (Fsp3) is 0.222. The van der Waals surface area contributed by atoms with E-state index in [0.717, 1.165) is 28.0 Å². The molecule has 4 aromatic rings. The molecule has 0 fully saturated rings. The monoisotopic (exact) mass is 456 g/mol. The highest BCUT2D eigenvalue weighted by molar-refractivity contribution is 7.98. The number of hydrogen-bond donors (Lipinski definition) is 1. The fourth-order valence-corrected chi connectivity index (χ4v) is 4.30. The van der Waals surface area contributed by atoms with Gasteiger partial charge in [-0.15, -0.1) is 10.2 Å². The number of carbonyl (C=O) groups excluding carboxylic acids is 1. The Morgan fingerprint density at radius 3 is 2.21 bits per heavy atom. The van der Waals surface area contributed by atoms with Crippen molar-refractivity contribution in [3.05, 3.63) is 95.6 Å². The highest BCUT2D eigenvalue weighted by Crippen LogP contribution is 2.28. The first-order valence-electron chi connectivity index (χ1n) is 10.9. The van der Waals surface area contributed by atoms with Crippen molar-refractivity contribution in [2.45, 2.75) is 37.1 Å². The van der Waals surface area contributed by atoms with Crippen LogP contribution in [0.2, 0.25) is 0 Å². The number of anilines is 1. The van der Waals surface area contributed by atoms with Crippen molar-refractivity contribution >= 4 is 23.4 Å². The van der Waals surface area contributed by atoms with Gasteiger partial charge in [-0.05, 0) is 52.9 Å². The van der Waals surface area contributed by atoms with Crippen LogP contribution in [0.25, 0.3) is 11.4 Å². The molecular formula is C27H28N4OS. The Morgan fingerprint density at radius 2 is 1.58 bits per heavy atom. The average molecular weight is 457 g/mol. The number of carbonyl (C=O) groups is 1. The van der Waals surface area contributed by atoms with Gasteiger partial charge in [-0.1, -0.05) is 75.0 Å². The van der Waals surface area contributed by atoms with E-state index in [1.165, 1.54) is 11.1 Å². The number of rotatable bonds is 6. The van der Waals surface area contributed by atoms with Crippen LogP contribution in [0.4, 0.5) is 5.69 Å². The van der Waals surface area contributed by atoms with Crippen LogP contribution < -0.4 is 5.32 Å². The SMILES string of the molecule is Cn1c(SCc2ccc(C(C)(C)C)cc2)nnc1-c1ccc(NC(=O)c2ccccc2)cc1. The summed E-state index contributed by atoms with van der Waals surface area (Å²) < 4.78 is 2.01. The van der Waals surface area contributed by atoms with Crippen molar-refractivity contribution in [1.29, 1.82) is 0 Å². The van der Waals surface area contributed by atoms with E-state index < -0.39 is 0 Å². The molecule has 0 spiro atoms. The minimum Gasteiger partial charge on any atom is -0.322 e. The van der Waals surface area contributed by atoms with Crippen LogP contribution in [0.5, 0.6) is 0 Å². The summed E-state index contributed by atoms with van der Waals surface area (Å²) in [5.41, 5.74) is 5.07. The first-order chi connectivity index (χ1) is 15.8. The van der Waals surface area contributed by atoms with E-state index >= 15 is 0 Å². The maximum atomic E-state index is 12.3. The molecule has 0 unspecified atom stereocenters. The third-order valence-corrected chi connectivity index (χ3v) is 6.55. The summed E-state index contributed by atoms with van der Waals surface area (Å²) in [7, 11) is 1.98. The summed E-state index contributed by atoms with van der Waals surface area (Å²) in [5.74, 6) is 1.50. The van der Waals surface area contributed by atoms with Crippen molar-refractivity contribution in [2.24, 2.45) is 7.05 Å². The standard InChI is InChI=1S/C27H28N4OS/c1-27(2,3)22-14-10-19(11-15-22)18-33-26-30-29-24(31(26)4)20-12-16-23(17-13-20)28-25(32)21-8-6-5-7-9-21/h5-17H,18H2,1-4H3,(H,28,32). The van der Waals surface area contributed by atoms with Gasteiger partial charge in [0.2, 0.25) is 0 Å². The molecule has 0 radical (unpaired) electrons. The lowest BCUT2D eigenvalue weighted by Gasteiger charge is -2.19. The van der Waals surface area contributed by atoms with Gasteiger partial charge in [0.05, 0.1) is 0 Å². The van der Waals surface area contributed by atoms with Crippen LogP contribution in [0.15, 0.2) is 84.0 Å². The number of aromatic nitrogens is 3. The van der Waals surface area contributed by atoms with Crippen LogP contribution in [0.3, 0.4) is 0 Å². The maximum Gasteiger partial charge on any atom is 0.255 e. The number of nitrogens with zero attached hydrogens (tertiary/aromatic N) is 3. The Labute approximate surface area is 199 Å². The molecule has 5 nitrogen and oxygen atoms in total. The predicted octanol–water partition coefficient (Wildman–Crippen LogP) is 6.32. The van der Waals surface area contributed by atoms with E-state index in [0.29, 0.717) is 5.56 Å². The second-order valence-electron chi connectivity index (χ2n) is 9.00. The molecule has 6 heteroatoms. The zero-order valence-corrected chi connectivity index (χ0v) is 20.2. The Morgan fingerprint density at radius 1 is 0.909 bits per heavy atom. The van der Waals surface area contributed by atoms with Gasteiger partial charge in [0, 0.05) is 29.6 Å². The molecule has 1 heterocycles. The Bertz CT molecular complexity index is 1220. The van der Waals surface area contributed by atoms with Crippen molar-refractivity contribution in [2.75, 3.05) is 5.32 Å². The molecule has 0 aliphatic rings. The van der Waals surface area contributed by atoms with Crippen molar-refractivity contribution in [3.8, 4) is 11.4 Å². The van der Waals surface area contributed by atoms with Gasteiger partial charge in [0.25, 0.3) is 5.91 Å². The van der Waals surface area contributed by atoms with E-state index in [1.807, 2.05) is 54.1 Å². The number of hydrogen-bond acceptors (Lipinski definition) is 4. The molecule has 0 bridgehead atoms. The van der Waals surface area contributed by atoms with E-state index in [2.05, 4.69) is 60.6 Å². The Kier molecular flexibility index (Phi) is 6.65. The first kappa shape index (κ1) is 22.8. The van der Waals surface area contributed by atoms with Gasteiger partial charge in [0.15, 0.2) is 11.0 Å². The van der Waals surface area contributed by atoms with E-state index in [4.69, 9.17) is 0 Å². The number of thioether (sulfide) groups is 1. The second kappa shape index (κ2) is 9.63. The molecule has 0 saturated carbocycles. The van der Waals surface area contributed by atoms with Crippen molar-refractivity contribution in [3.63, 3.8) is 0 Å². The van der Waals surface area contributed by atoms with Crippen molar-refractivity contribution in [1.82, 2.24) is 14.8 Å². The summed E-state index contributed by atoms with van der Waals surface area (Å²) in [6, 6.07) is 25.6. The molecule has 1 amide bonds. The van der Waals surface area contributed by atoms with Gasteiger partial charge in [-0.25, -0.2) is 0 Å². The second-order valence-corrected chi connectivity index (χ2v) is 9.94. The van der Waals surface area contributed by atoms with E-state index in [1.54, 1.807) is 23.9 Å². The third kappa shape index (κ3) is 5.52. The molecule has 168 valence electrons. The summed E-state index contributed by atoms with van der Waals surface area (Å²) in [6.45, 7) is 6.67. The van der Waals surface area contributed by atoms with Gasteiger partial charge in [-0.3, -0.25) is 4.79 Å². The minimum absolute atomic E-state index is 0.128. The molecule has 0 atom stereocenters. The van der Waals surface area contributed by atoms with Gasteiger partial charge < -0.3 is 9.88 Å². The van der Waals surface area contributed by atoms with Crippen molar-refractivity contribution < 1.29 is 4.79 Å². The van der Waals surface area contributed by atoms with Gasteiger partial charge in [-0.2, -0.15) is 0 Å². The highest BCUT2D eigenvalue weighted by atomic mass is 32.2. The third-order valence-electron chi connectivity index (χ3n) is 5.46. The van der Waals surface area contributed by atoms with E-state index in [9.17, 15) is 4.79 Å². The quantitative estimate of drug-likeness (QED) is 0.345. The van der Waals surface area contributed by atoms with Gasteiger partial charge >= 0.3 is 0 Å². The number of amides is 1. The first-order valence-corrected chi connectivity index (χ1v) is 11.9. The number of benzene rings is 3. The molecule has 0 aliphatic heterocycles. The van der Waals surface area contributed by atoms with Crippen LogP contribution in [0.1, 0.15) is 42.3 Å². The number of nitrogens with one attached hydrogen (secondary N) is 1.